The molecule has 0 unspecified atom stereocenters. The summed E-state index contributed by atoms with van der Waals surface area (Å²) in [4.78, 5) is 29.3. The van der Waals surface area contributed by atoms with Crippen molar-refractivity contribution in [3.8, 4) is 0 Å². The lowest BCUT2D eigenvalue weighted by Gasteiger charge is -2.29. The smallest absolute Gasteiger partial charge is 0.268 e. The molecule has 2 aromatic carbocycles. The van der Waals surface area contributed by atoms with Gasteiger partial charge in [0.15, 0.2) is 18.1 Å². The largest absolute Gasteiger partial charge is 0.375 e. The van der Waals surface area contributed by atoms with Crippen molar-refractivity contribution < 1.29 is 24.3 Å². The number of carbonyl (C=O) groups excluding carboxylic acids is 2. The maximum atomic E-state index is 13.4. The molecule has 0 radical (unpaired) electrons. The van der Waals surface area contributed by atoms with Crippen LogP contribution < -0.4 is 9.80 Å². The second-order valence-electron chi connectivity index (χ2n) is 9.56. The number of para-hydroxylation sites is 1. The summed E-state index contributed by atoms with van der Waals surface area (Å²) in [6.45, 7) is 9.74. The summed E-state index contributed by atoms with van der Waals surface area (Å²) in [5, 5.41) is 11.5. The molecular weight excluding hydrogens is 392 g/mol. The molecule has 0 saturated carbocycles. The molecule has 2 heterocycles. The van der Waals surface area contributed by atoms with Gasteiger partial charge in [-0.15, -0.1) is 0 Å². The van der Waals surface area contributed by atoms with Crippen LogP contribution in [0, 0.1) is 0 Å². The van der Waals surface area contributed by atoms with Crippen molar-refractivity contribution in [2.75, 3.05) is 37.9 Å². The molecule has 1 amide bonds. The van der Waals surface area contributed by atoms with Crippen molar-refractivity contribution in [1.29, 1.82) is 0 Å². The van der Waals surface area contributed by atoms with Crippen LogP contribution in [0.3, 0.4) is 0 Å². The van der Waals surface area contributed by atoms with Gasteiger partial charge in [-0.1, -0.05) is 63.2 Å². The molecule has 0 aromatic heterocycles. The number of morpholine rings is 1. The van der Waals surface area contributed by atoms with Crippen LogP contribution in [-0.2, 0) is 20.5 Å². The Morgan fingerprint density at radius 3 is 2.39 bits per heavy atom. The van der Waals surface area contributed by atoms with E-state index in [1.807, 2.05) is 24.3 Å². The van der Waals surface area contributed by atoms with Gasteiger partial charge in [0.25, 0.3) is 5.91 Å². The number of Topliss-reactive ketones (excluding diaryl/α,β-unsaturated/α-hetero) is 1. The lowest BCUT2D eigenvalue weighted by Crippen LogP contribution is -3.15. The lowest BCUT2D eigenvalue weighted by molar-refractivity contribution is -0.906. The molecule has 2 aromatic rings. The Morgan fingerprint density at radius 1 is 1.10 bits per heavy atom. The number of hydrogen-bond acceptors (Lipinski definition) is 4. The first-order valence-corrected chi connectivity index (χ1v) is 10.9. The Balaban J connectivity index is 1.58. The van der Waals surface area contributed by atoms with Crippen molar-refractivity contribution in [2.24, 2.45) is 0 Å². The number of fused-ring (bicyclic) bond motifs is 1. The van der Waals surface area contributed by atoms with E-state index in [4.69, 9.17) is 4.74 Å². The summed E-state index contributed by atoms with van der Waals surface area (Å²) in [6.07, 6.45) is -0.271. The minimum absolute atomic E-state index is 0.0114. The van der Waals surface area contributed by atoms with Crippen LogP contribution >= 0.6 is 0 Å². The zero-order valence-electron chi connectivity index (χ0n) is 18.5. The Labute approximate surface area is 183 Å². The fraction of sp³-hybridized carbons (Fsp3) is 0.440. The van der Waals surface area contributed by atoms with Crippen molar-refractivity contribution >= 4 is 17.4 Å². The van der Waals surface area contributed by atoms with Crippen LogP contribution in [0.2, 0.25) is 0 Å². The number of amides is 1. The Kier molecular flexibility index (Phi) is 5.73. The van der Waals surface area contributed by atoms with Gasteiger partial charge in [0.1, 0.15) is 13.1 Å². The number of benzene rings is 2. The molecule has 0 aliphatic carbocycles. The molecule has 0 bridgehead atoms. The quantitative estimate of drug-likeness (QED) is 0.718. The number of ketones is 1. The SMILES string of the molecule is CC(C)(C)c1ccc(C(=O)C[C@@]2(O)C(=O)N(C[NH+]3CCOCC3)c3ccccc32)cc1. The minimum atomic E-state index is -1.85. The second-order valence-corrected chi connectivity index (χ2v) is 9.56. The van der Waals surface area contributed by atoms with Gasteiger partial charge in [-0.2, -0.15) is 0 Å². The predicted octanol–water partition coefficient (Wildman–Crippen LogP) is 1.66. The predicted molar refractivity (Wildman–Crippen MR) is 118 cm³/mol. The maximum Gasteiger partial charge on any atom is 0.268 e. The van der Waals surface area contributed by atoms with Crippen molar-refractivity contribution in [3.63, 3.8) is 0 Å². The third-order valence-corrected chi connectivity index (χ3v) is 6.31. The van der Waals surface area contributed by atoms with Gasteiger partial charge in [0, 0.05) is 11.1 Å². The number of carbonyl (C=O) groups is 2. The van der Waals surface area contributed by atoms with Crippen LogP contribution in [0.25, 0.3) is 0 Å². The first-order valence-electron chi connectivity index (χ1n) is 10.9. The summed E-state index contributed by atoms with van der Waals surface area (Å²) < 4.78 is 5.41. The molecule has 2 aliphatic heterocycles. The van der Waals surface area contributed by atoms with Crippen LogP contribution in [0.5, 0.6) is 0 Å². The monoisotopic (exact) mass is 423 g/mol. The van der Waals surface area contributed by atoms with E-state index >= 15 is 0 Å². The zero-order chi connectivity index (χ0) is 22.2. The van der Waals surface area contributed by atoms with Gasteiger partial charge in [0.05, 0.1) is 25.3 Å². The highest BCUT2D eigenvalue weighted by atomic mass is 16.5. The van der Waals surface area contributed by atoms with Crippen LogP contribution in [-0.4, -0.2) is 49.8 Å². The van der Waals surface area contributed by atoms with Gasteiger partial charge < -0.3 is 14.7 Å². The highest BCUT2D eigenvalue weighted by Gasteiger charge is 2.51. The minimum Gasteiger partial charge on any atom is -0.375 e. The Hall–Kier alpha value is -2.54. The van der Waals surface area contributed by atoms with E-state index in [0.717, 1.165) is 18.7 Å². The summed E-state index contributed by atoms with van der Waals surface area (Å²) in [5.74, 6) is -0.668. The topological polar surface area (TPSA) is 71.3 Å². The molecule has 2 N–H and O–H groups in total. The number of aliphatic hydroxyl groups is 1. The van der Waals surface area contributed by atoms with Crippen molar-refractivity contribution in [1.82, 2.24) is 0 Å². The number of nitrogens with zero attached hydrogens (tertiary/aromatic N) is 1. The summed E-state index contributed by atoms with van der Waals surface area (Å²) in [6, 6.07) is 14.7. The first-order chi connectivity index (χ1) is 14.7. The number of ether oxygens (including phenoxy) is 1. The van der Waals surface area contributed by atoms with E-state index in [1.54, 1.807) is 29.2 Å². The van der Waals surface area contributed by atoms with Gasteiger partial charge in [-0.3, -0.25) is 14.5 Å². The van der Waals surface area contributed by atoms with E-state index in [0.29, 0.717) is 36.7 Å². The number of anilines is 1. The lowest BCUT2D eigenvalue weighted by atomic mass is 9.85. The Morgan fingerprint density at radius 2 is 1.74 bits per heavy atom. The maximum absolute atomic E-state index is 13.4. The molecule has 6 heteroatoms. The first kappa shape index (κ1) is 21.7. The summed E-state index contributed by atoms with van der Waals surface area (Å²) in [7, 11) is 0. The third kappa shape index (κ3) is 4.15. The van der Waals surface area contributed by atoms with E-state index in [2.05, 4.69) is 20.8 Å². The number of rotatable bonds is 5. The highest BCUT2D eigenvalue weighted by Crippen LogP contribution is 2.42. The van der Waals surface area contributed by atoms with E-state index in [1.165, 1.54) is 4.90 Å². The summed E-state index contributed by atoms with van der Waals surface area (Å²) >= 11 is 0. The van der Waals surface area contributed by atoms with E-state index in [-0.39, 0.29) is 17.6 Å². The molecule has 1 saturated heterocycles. The van der Waals surface area contributed by atoms with Gasteiger partial charge in [-0.25, -0.2) is 0 Å². The average Bonchev–Trinajstić information content (AvgIpc) is 2.96. The van der Waals surface area contributed by atoms with Gasteiger partial charge >= 0.3 is 0 Å². The van der Waals surface area contributed by atoms with Crippen molar-refractivity contribution in [2.45, 2.75) is 38.2 Å². The molecule has 1 fully saturated rings. The molecule has 2 aliphatic rings. The Bertz CT molecular complexity index is 974. The van der Waals surface area contributed by atoms with Gasteiger partial charge in [0.2, 0.25) is 0 Å². The fourth-order valence-corrected chi connectivity index (χ4v) is 4.37. The normalized spacial score (nSPS) is 21.9. The molecule has 1 atom stereocenters. The standard InChI is InChI=1S/C25H30N2O4/c1-24(2,3)19-10-8-18(9-11-19)22(28)16-25(30)20-6-4-5-7-21(20)27(23(25)29)17-26-12-14-31-15-13-26/h4-11,30H,12-17H2,1-3H3/p+1/t25-/m0/s1. The van der Waals surface area contributed by atoms with Gasteiger partial charge in [-0.05, 0) is 17.0 Å². The van der Waals surface area contributed by atoms with E-state index < -0.39 is 11.5 Å². The molecule has 6 nitrogen and oxygen atoms in total. The fourth-order valence-electron chi connectivity index (χ4n) is 4.37. The number of hydrogen-bond donors (Lipinski definition) is 2. The molecule has 0 spiro atoms. The molecule has 4 rings (SSSR count). The zero-order valence-corrected chi connectivity index (χ0v) is 18.5. The van der Waals surface area contributed by atoms with Crippen LogP contribution in [0.4, 0.5) is 5.69 Å². The molecule has 164 valence electrons. The molecule has 31 heavy (non-hydrogen) atoms. The summed E-state index contributed by atoms with van der Waals surface area (Å²) in [5.41, 5.74) is 0.968. The third-order valence-electron chi connectivity index (χ3n) is 6.31. The van der Waals surface area contributed by atoms with Crippen LogP contribution in [0.1, 0.15) is 48.7 Å². The number of nitrogens with one attached hydrogen (secondary N) is 1. The van der Waals surface area contributed by atoms with Crippen molar-refractivity contribution in [3.05, 3.63) is 65.2 Å². The van der Waals surface area contributed by atoms with Crippen LogP contribution in [0.15, 0.2) is 48.5 Å². The number of quaternary nitrogens is 1. The second kappa shape index (κ2) is 8.19. The highest BCUT2D eigenvalue weighted by molar-refractivity contribution is 6.10. The average molecular weight is 424 g/mol. The molecular formula is C25H31N2O4+. The van der Waals surface area contributed by atoms with E-state index in [9.17, 15) is 14.7 Å².